The molecule has 1 aliphatic rings. The van der Waals surface area contributed by atoms with Crippen LogP contribution in [0.15, 0.2) is 21.3 Å². The molecule has 0 saturated carbocycles. The van der Waals surface area contributed by atoms with E-state index in [1.807, 2.05) is 0 Å². The first-order chi connectivity index (χ1) is 8.22. The zero-order valence-electron chi connectivity index (χ0n) is 9.45. The molecule has 1 aliphatic carbocycles. The van der Waals surface area contributed by atoms with Gasteiger partial charge in [-0.3, -0.25) is 0 Å². The molecule has 0 aliphatic heterocycles. The number of phenolic OH excluding ortho intramolecular Hbond substituents is 1. The molecule has 0 amide bonds. The summed E-state index contributed by atoms with van der Waals surface area (Å²) in [6.45, 7) is 0. The van der Waals surface area contributed by atoms with Gasteiger partial charge in [0.1, 0.15) is 0 Å². The van der Waals surface area contributed by atoms with Crippen molar-refractivity contribution in [2.24, 2.45) is 0 Å². The third-order valence-corrected chi connectivity index (χ3v) is 3.28. The number of fused-ring (bicyclic) bond motifs is 3. The summed E-state index contributed by atoms with van der Waals surface area (Å²) in [4.78, 5) is 11.8. The van der Waals surface area contributed by atoms with Crippen LogP contribution >= 0.6 is 0 Å². The third kappa shape index (κ3) is 1.33. The molecule has 0 unspecified atom stereocenters. The molecule has 0 fully saturated rings. The van der Waals surface area contributed by atoms with Gasteiger partial charge in [-0.05, 0) is 37.0 Å². The van der Waals surface area contributed by atoms with Gasteiger partial charge in [-0.1, -0.05) is 0 Å². The highest BCUT2D eigenvalue weighted by Crippen LogP contribution is 2.37. The zero-order valence-corrected chi connectivity index (χ0v) is 9.45. The summed E-state index contributed by atoms with van der Waals surface area (Å²) in [5.41, 5.74) is 1.84. The van der Waals surface area contributed by atoms with E-state index in [4.69, 9.17) is 9.15 Å². The molecule has 0 saturated heterocycles. The fourth-order valence-electron chi connectivity index (χ4n) is 2.51. The quantitative estimate of drug-likeness (QED) is 0.764. The molecule has 17 heavy (non-hydrogen) atoms. The van der Waals surface area contributed by atoms with Gasteiger partial charge < -0.3 is 14.3 Å². The predicted octanol–water partition coefficient (Wildman–Crippen LogP) is 2.00. The fraction of sp³-hybridized carbons (Fsp3) is 0.308. The van der Waals surface area contributed by atoms with Crippen molar-refractivity contribution in [2.75, 3.05) is 7.11 Å². The molecule has 88 valence electrons. The molecule has 3 rings (SSSR count). The van der Waals surface area contributed by atoms with E-state index in [1.165, 1.54) is 7.11 Å². The lowest BCUT2D eigenvalue weighted by molar-refractivity contribution is 0.368. The van der Waals surface area contributed by atoms with Gasteiger partial charge in [-0.15, -0.1) is 0 Å². The van der Waals surface area contributed by atoms with Crippen LogP contribution in [0.25, 0.3) is 11.0 Å². The number of aromatic hydroxyl groups is 1. The van der Waals surface area contributed by atoms with Gasteiger partial charge in [-0.25, -0.2) is 4.79 Å². The predicted molar refractivity (Wildman–Crippen MR) is 62.7 cm³/mol. The maximum Gasteiger partial charge on any atom is 0.339 e. The van der Waals surface area contributed by atoms with Crippen molar-refractivity contribution >= 4 is 11.0 Å². The Bertz CT molecular complexity index is 654. The molecular formula is C13H12O4. The fourth-order valence-corrected chi connectivity index (χ4v) is 2.51. The maximum atomic E-state index is 11.8. The Labute approximate surface area is 97.4 Å². The average molecular weight is 232 g/mol. The van der Waals surface area contributed by atoms with Crippen molar-refractivity contribution in [2.45, 2.75) is 19.3 Å². The first-order valence-electron chi connectivity index (χ1n) is 5.57. The standard InChI is InChI=1S/C13H12O4/c1-16-12-10(14)6-5-8-7-3-2-4-9(7)13(15)17-11(8)12/h5-6,14H,2-4H2,1H3. The summed E-state index contributed by atoms with van der Waals surface area (Å²) in [6.07, 6.45) is 2.63. The number of aryl methyl sites for hydroxylation is 1. The lowest BCUT2D eigenvalue weighted by atomic mass is 10.1. The second-order valence-corrected chi connectivity index (χ2v) is 4.19. The van der Waals surface area contributed by atoms with E-state index in [0.717, 1.165) is 35.8 Å². The molecule has 1 heterocycles. The van der Waals surface area contributed by atoms with Crippen LogP contribution in [0, 0.1) is 0 Å². The van der Waals surface area contributed by atoms with Crippen LogP contribution in [0.2, 0.25) is 0 Å². The summed E-state index contributed by atoms with van der Waals surface area (Å²) < 4.78 is 10.4. The van der Waals surface area contributed by atoms with Crippen LogP contribution in [0.5, 0.6) is 11.5 Å². The number of benzene rings is 1. The molecule has 1 N–H and O–H groups in total. The molecule has 4 nitrogen and oxygen atoms in total. The molecule has 0 atom stereocenters. The van der Waals surface area contributed by atoms with Gasteiger partial charge in [0.05, 0.1) is 7.11 Å². The minimum atomic E-state index is -0.311. The zero-order chi connectivity index (χ0) is 12.0. The highest BCUT2D eigenvalue weighted by atomic mass is 16.5. The number of hydrogen-bond acceptors (Lipinski definition) is 4. The van der Waals surface area contributed by atoms with Gasteiger partial charge in [0.25, 0.3) is 0 Å². The molecule has 0 spiro atoms. The van der Waals surface area contributed by atoms with Gasteiger partial charge >= 0.3 is 5.63 Å². The van der Waals surface area contributed by atoms with E-state index < -0.39 is 0 Å². The molecule has 0 bridgehead atoms. The Kier molecular flexibility index (Phi) is 2.11. The summed E-state index contributed by atoms with van der Waals surface area (Å²) in [7, 11) is 1.45. The molecule has 0 radical (unpaired) electrons. The van der Waals surface area contributed by atoms with E-state index in [9.17, 15) is 9.90 Å². The highest BCUT2D eigenvalue weighted by molar-refractivity contribution is 5.88. The third-order valence-electron chi connectivity index (χ3n) is 3.28. The van der Waals surface area contributed by atoms with Gasteiger partial charge in [-0.2, -0.15) is 0 Å². The normalized spacial score (nSPS) is 13.9. The smallest absolute Gasteiger partial charge is 0.339 e. The van der Waals surface area contributed by atoms with Crippen molar-refractivity contribution in [1.29, 1.82) is 0 Å². The van der Waals surface area contributed by atoms with Crippen LogP contribution < -0.4 is 10.4 Å². The Morgan fingerprint density at radius 2 is 2.06 bits per heavy atom. The lowest BCUT2D eigenvalue weighted by Crippen LogP contribution is -2.07. The van der Waals surface area contributed by atoms with Crippen LogP contribution in [-0.4, -0.2) is 12.2 Å². The Morgan fingerprint density at radius 1 is 1.29 bits per heavy atom. The Morgan fingerprint density at radius 3 is 2.82 bits per heavy atom. The van der Waals surface area contributed by atoms with E-state index >= 15 is 0 Å². The second kappa shape index (κ2) is 3.52. The van der Waals surface area contributed by atoms with Crippen molar-refractivity contribution in [3.63, 3.8) is 0 Å². The SMILES string of the molecule is COc1c(O)ccc2c3c(c(=O)oc12)CCC3. The largest absolute Gasteiger partial charge is 0.504 e. The topological polar surface area (TPSA) is 59.7 Å². The van der Waals surface area contributed by atoms with Crippen LogP contribution in [0.3, 0.4) is 0 Å². The van der Waals surface area contributed by atoms with Crippen molar-refractivity contribution in [1.82, 2.24) is 0 Å². The average Bonchev–Trinajstić information content (AvgIpc) is 2.79. The monoisotopic (exact) mass is 232 g/mol. The van der Waals surface area contributed by atoms with Crippen LogP contribution in [-0.2, 0) is 12.8 Å². The van der Waals surface area contributed by atoms with Crippen LogP contribution in [0.1, 0.15) is 17.5 Å². The number of rotatable bonds is 1. The molecule has 1 aromatic carbocycles. The van der Waals surface area contributed by atoms with E-state index in [1.54, 1.807) is 12.1 Å². The Hall–Kier alpha value is -1.97. The number of methoxy groups -OCH3 is 1. The highest BCUT2D eigenvalue weighted by Gasteiger charge is 2.22. The summed E-state index contributed by atoms with van der Waals surface area (Å²) >= 11 is 0. The van der Waals surface area contributed by atoms with E-state index in [2.05, 4.69) is 0 Å². The van der Waals surface area contributed by atoms with Gasteiger partial charge in [0.15, 0.2) is 11.3 Å². The summed E-state index contributed by atoms with van der Waals surface area (Å²) in [5, 5.41) is 10.5. The van der Waals surface area contributed by atoms with Crippen molar-refractivity contribution in [3.8, 4) is 11.5 Å². The maximum absolute atomic E-state index is 11.8. The summed E-state index contributed by atoms with van der Waals surface area (Å²) in [5.74, 6) is 0.218. The first-order valence-corrected chi connectivity index (χ1v) is 5.57. The van der Waals surface area contributed by atoms with E-state index in [0.29, 0.717) is 5.58 Å². The minimum Gasteiger partial charge on any atom is -0.504 e. The molecule has 4 heteroatoms. The van der Waals surface area contributed by atoms with Gasteiger partial charge in [0.2, 0.25) is 5.75 Å². The van der Waals surface area contributed by atoms with Crippen molar-refractivity contribution in [3.05, 3.63) is 33.7 Å². The second-order valence-electron chi connectivity index (χ2n) is 4.19. The van der Waals surface area contributed by atoms with E-state index in [-0.39, 0.29) is 17.1 Å². The van der Waals surface area contributed by atoms with Crippen LogP contribution in [0.4, 0.5) is 0 Å². The minimum absolute atomic E-state index is 0.0129. The molecular weight excluding hydrogens is 220 g/mol. The summed E-state index contributed by atoms with van der Waals surface area (Å²) in [6, 6.07) is 3.35. The molecule has 2 aromatic rings. The van der Waals surface area contributed by atoms with Gasteiger partial charge in [0, 0.05) is 10.9 Å². The number of phenols is 1. The molecule has 1 aromatic heterocycles. The number of hydrogen-bond donors (Lipinski definition) is 1. The Balaban J connectivity index is 2.48. The number of ether oxygens (including phenoxy) is 1. The first kappa shape index (κ1) is 10.2. The lowest BCUT2D eigenvalue weighted by Gasteiger charge is -2.08. The van der Waals surface area contributed by atoms with Crippen molar-refractivity contribution < 1.29 is 14.3 Å².